The van der Waals surface area contributed by atoms with E-state index >= 15 is 0 Å². The third-order valence-electron chi connectivity index (χ3n) is 5.37. The summed E-state index contributed by atoms with van der Waals surface area (Å²) in [5.74, 6) is 0.169. The zero-order valence-electron chi connectivity index (χ0n) is 16.1. The Morgan fingerprint density at radius 2 is 1.82 bits per heavy atom. The Kier molecular flexibility index (Phi) is 5.87. The van der Waals surface area contributed by atoms with Crippen LogP contribution in [-0.4, -0.2) is 39.7 Å². The van der Waals surface area contributed by atoms with Crippen molar-refractivity contribution in [3.05, 3.63) is 83.2 Å². The molecular weight excluding hydrogens is 372 g/mol. The van der Waals surface area contributed by atoms with Gasteiger partial charge in [0.2, 0.25) is 0 Å². The summed E-state index contributed by atoms with van der Waals surface area (Å²) in [6.45, 7) is 5.18. The highest BCUT2D eigenvalue weighted by Crippen LogP contribution is 2.28. The maximum absolute atomic E-state index is 13.1. The minimum Gasteiger partial charge on any atom is -0.336 e. The summed E-state index contributed by atoms with van der Waals surface area (Å²) in [7, 11) is 0. The smallest absolute Gasteiger partial charge is 0.257 e. The van der Waals surface area contributed by atoms with Crippen molar-refractivity contribution in [3.8, 4) is 5.69 Å². The van der Waals surface area contributed by atoms with Crippen LogP contribution in [0, 0.1) is 13.8 Å². The molecule has 0 aliphatic carbocycles. The molecule has 2 N–H and O–H groups in total. The number of carbonyl (C=O) groups excluding carboxylic acids is 1. The Hall–Kier alpha value is -2.63. The van der Waals surface area contributed by atoms with Gasteiger partial charge in [0.05, 0.1) is 23.1 Å². The van der Waals surface area contributed by atoms with Gasteiger partial charge in [-0.2, -0.15) is 5.10 Å². The molecule has 1 amide bonds. The summed E-state index contributed by atoms with van der Waals surface area (Å²) in [5, 5.41) is 4.45. The molecule has 4 rings (SSSR count). The molecule has 5 nitrogen and oxygen atoms in total. The summed E-state index contributed by atoms with van der Waals surface area (Å²) < 4.78 is 1.82. The number of benzene rings is 2. The number of aromatic nitrogens is 2. The zero-order valence-corrected chi connectivity index (χ0v) is 16.9. The van der Waals surface area contributed by atoms with Gasteiger partial charge in [0.25, 0.3) is 5.91 Å². The van der Waals surface area contributed by atoms with Crippen LogP contribution >= 0.6 is 12.4 Å². The predicted octanol–water partition coefficient (Wildman–Crippen LogP) is 3.48. The second kappa shape index (κ2) is 8.17. The highest BCUT2D eigenvalue weighted by atomic mass is 35.5. The standard InChI is InChI=1S/C22H24N4O.ClH/c1-15-7-6-10-18(11-15)26-16(2)19(12-24-26)22(27)25-13-20(21(23)14-25)17-8-4-3-5-9-17;/h3-12,20-21H,13-14,23H2,1-2H3;1H/t20-,21+;/m0./s1. The van der Waals surface area contributed by atoms with Crippen molar-refractivity contribution in [2.75, 3.05) is 13.1 Å². The molecule has 28 heavy (non-hydrogen) atoms. The molecule has 1 aromatic heterocycles. The molecule has 0 spiro atoms. The van der Waals surface area contributed by atoms with Gasteiger partial charge in [0.1, 0.15) is 0 Å². The molecule has 146 valence electrons. The monoisotopic (exact) mass is 396 g/mol. The van der Waals surface area contributed by atoms with Gasteiger partial charge in [-0.05, 0) is 37.1 Å². The van der Waals surface area contributed by atoms with Gasteiger partial charge >= 0.3 is 0 Å². The Morgan fingerprint density at radius 3 is 2.54 bits per heavy atom. The van der Waals surface area contributed by atoms with Gasteiger partial charge < -0.3 is 10.6 Å². The van der Waals surface area contributed by atoms with Gasteiger partial charge in [-0.1, -0.05) is 42.5 Å². The lowest BCUT2D eigenvalue weighted by atomic mass is 9.95. The van der Waals surface area contributed by atoms with E-state index in [0.717, 1.165) is 16.9 Å². The molecule has 1 fully saturated rings. The molecule has 1 saturated heterocycles. The lowest BCUT2D eigenvalue weighted by Gasteiger charge is -2.16. The average Bonchev–Trinajstić information content (AvgIpc) is 3.25. The minimum absolute atomic E-state index is 0. The maximum atomic E-state index is 13.1. The number of amides is 1. The normalized spacial score (nSPS) is 18.8. The first-order valence-electron chi connectivity index (χ1n) is 9.26. The van der Waals surface area contributed by atoms with Gasteiger partial charge in [-0.15, -0.1) is 12.4 Å². The molecule has 6 heteroatoms. The number of halogens is 1. The number of aryl methyl sites for hydroxylation is 1. The Balaban J connectivity index is 0.00000225. The highest BCUT2D eigenvalue weighted by molar-refractivity contribution is 5.95. The summed E-state index contributed by atoms with van der Waals surface area (Å²) in [6, 6.07) is 18.2. The van der Waals surface area contributed by atoms with Crippen LogP contribution in [0.3, 0.4) is 0 Å². The van der Waals surface area contributed by atoms with E-state index in [1.807, 2.05) is 59.8 Å². The van der Waals surface area contributed by atoms with Crippen molar-refractivity contribution in [2.24, 2.45) is 5.73 Å². The quantitative estimate of drug-likeness (QED) is 0.737. The number of carbonyl (C=O) groups is 1. The van der Waals surface area contributed by atoms with E-state index in [9.17, 15) is 4.79 Å². The third kappa shape index (κ3) is 3.68. The molecule has 2 aromatic carbocycles. The Bertz CT molecular complexity index is 970. The van der Waals surface area contributed by atoms with E-state index in [4.69, 9.17) is 5.73 Å². The van der Waals surface area contributed by atoms with E-state index in [0.29, 0.717) is 18.7 Å². The van der Waals surface area contributed by atoms with Crippen LogP contribution in [0.1, 0.15) is 33.1 Å². The SMILES string of the molecule is Cc1cccc(-n2ncc(C(=O)N3C[C@@H](N)[C@H](c4ccccc4)C3)c2C)c1.Cl. The number of hydrogen-bond acceptors (Lipinski definition) is 3. The molecule has 1 aliphatic heterocycles. The van der Waals surface area contributed by atoms with Crippen LogP contribution in [0.4, 0.5) is 0 Å². The van der Waals surface area contributed by atoms with Crippen molar-refractivity contribution in [2.45, 2.75) is 25.8 Å². The van der Waals surface area contributed by atoms with Crippen molar-refractivity contribution in [3.63, 3.8) is 0 Å². The van der Waals surface area contributed by atoms with Gasteiger partial charge in [-0.3, -0.25) is 4.79 Å². The van der Waals surface area contributed by atoms with Crippen molar-refractivity contribution in [1.29, 1.82) is 0 Å². The molecular formula is C22H25ClN4O. The topological polar surface area (TPSA) is 64.2 Å². The summed E-state index contributed by atoms with van der Waals surface area (Å²) in [6.07, 6.45) is 1.67. The Morgan fingerprint density at radius 1 is 1.07 bits per heavy atom. The molecule has 1 aliphatic rings. The average molecular weight is 397 g/mol. The highest BCUT2D eigenvalue weighted by Gasteiger charge is 2.35. The minimum atomic E-state index is -0.0523. The van der Waals surface area contributed by atoms with Crippen LogP contribution in [0.25, 0.3) is 5.69 Å². The van der Waals surface area contributed by atoms with Crippen LogP contribution in [-0.2, 0) is 0 Å². The van der Waals surface area contributed by atoms with Gasteiger partial charge in [-0.25, -0.2) is 4.68 Å². The second-order valence-electron chi connectivity index (χ2n) is 7.29. The van der Waals surface area contributed by atoms with Crippen LogP contribution in [0.2, 0.25) is 0 Å². The molecule has 0 radical (unpaired) electrons. The number of nitrogens with zero attached hydrogens (tertiary/aromatic N) is 3. The maximum Gasteiger partial charge on any atom is 0.257 e. The van der Waals surface area contributed by atoms with Crippen LogP contribution in [0.15, 0.2) is 60.8 Å². The number of nitrogens with two attached hydrogens (primary N) is 1. The fourth-order valence-electron chi connectivity index (χ4n) is 3.86. The van der Waals surface area contributed by atoms with Crippen LogP contribution < -0.4 is 5.73 Å². The van der Waals surface area contributed by atoms with E-state index < -0.39 is 0 Å². The molecule has 0 unspecified atom stereocenters. The number of hydrogen-bond donors (Lipinski definition) is 1. The van der Waals surface area contributed by atoms with E-state index in [-0.39, 0.29) is 30.3 Å². The fraction of sp³-hybridized carbons (Fsp3) is 0.273. The lowest BCUT2D eigenvalue weighted by Crippen LogP contribution is -2.32. The summed E-state index contributed by atoms with van der Waals surface area (Å²) in [4.78, 5) is 15.0. The van der Waals surface area contributed by atoms with E-state index in [1.165, 1.54) is 5.56 Å². The molecule has 2 atom stereocenters. The van der Waals surface area contributed by atoms with E-state index in [1.54, 1.807) is 6.20 Å². The molecule has 0 bridgehead atoms. The fourth-order valence-corrected chi connectivity index (χ4v) is 3.86. The summed E-state index contributed by atoms with van der Waals surface area (Å²) >= 11 is 0. The van der Waals surface area contributed by atoms with E-state index in [2.05, 4.69) is 23.3 Å². The molecule has 0 saturated carbocycles. The zero-order chi connectivity index (χ0) is 19.0. The lowest BCUT2D eigenvalue weighted by molar-refractivity contribution is 0.0788. The molecule has 2 heterocycles. The predicted molar refractivity (Wildman–Crippen MR) is 113 cm³/mol. The van der Waals surface area contributed by atoms with Gasteiger partial charge in [0, 0.05) is 25.0 Å². The van der Waals surface area contributed by atoms with Gasteiger partial charge in [0.15, 0.2) is 0 Å². The first-order chi connectivity index (χ1) is 13.0. The third-order valence-corrected chi connectivity index (χ3v) is 5.37. The van der Waals surface area contributed by atoms with Crippen molar-refractivity contribution in [1.82, 2.24) is 14.7 Å². The van der Waals surface area contributed by atoms with Crippen LogP contribution in [0.5, 0.6) is 0 Å². The number of rotatable bonds is 3. The first kappa shape index (κ1) is 20.1. The Labute approximate surface area is 171 Å². The number of likely N-dealkylation sites (tertiary alicyclic amines) is 1. The largest absolute Gasteiger partial charge is 0.336 e. The summed E-state index contributed by atoms with van der Waals surface area (Å²) in [5.41, 5.74) is 11.2. The second-order valence-corrected chi connectivity index (χ2v) is 7.29. The van der Waals surface area contributed by atoms with Crippen molar-refractivity contribution >= 4 is 18.3 Å². The first-order valence-corrected chi connectivity index (χ1v) is 9.26. The van der Waals surface area contributed by atoms with Crippen molar-refractivity contribution < 1.29 is 4.79 Å². The molecule has 3 aromatic rings.